The van der Waals surface area contributed by atoms with Gasteiger partial charge in [0.25, 0.3) is 5.91 Å². The predicted octanol–water partition coefficient (Wildman–Crippen LogP) is 0.938. The van der Waals surface area contributed by atoms with Gasteiger partial charge >= 0.3 is 0 Å². The predicted molar refractivity (Wildman–Crippen MR) is 77.0 cm³/mol. The summed E-state index contributed by atoms with van der Waals surface area (Å²) in [6.45, 7) is 0.295. The Morgan fingerprint density at radius 2 is 1.77 bits per heavy atom. The van der Waals surface area contributed by atoms with E-state index in [0.717, 1.165) is 25.0 Å². The zero-order valence-corrected chi connectivity index (χ0v) is 12.1. The average molecular weight is 311 g/mol. The maximum absolute atomic E-state index is 13.4. The van der Waals surface area contributed by atoms with Crippen molar-refractivity contribution in [3.63, 3.8) is 0 Å². The van der Waals surface area contributed by atoms with Gasteiger partial charge in [-0.05, 0) is 31.4 Å². The van der Waals surface area contributed by atoms with Crippen LogP contribution in [-0.4, -0.2) is 30.9 Å². The second kappa shape index (κ2) is 7.31. The number of halogens is 2. The normalized spacial score (nSPS) is 20.7. The summed E-state index contributed by atoms with van der Waals surface area (Å²) in [5.41, 5.74) is 5.13. The number of amides is 2. The molecule has 1 saturated carbocycles. The van der Waals surface area contributed by atoms with Crippen LogP contribution in [0.15, 0.2) is 18.2 Å². The van der Waals surface area contributed by atoms with Crippen LogP contribution < -0.4 is 16.4 Å². The van der Waals surface area contributed by atoms with Gasteiger partial charge in [0.1, 0.15) is 17.2 Å². The monoisotopic (exact) mass is 311 g/mol. The van der Waals surface area contributed by atoms with Gasteiger partial charge in [0, 0.05) is 25.0 Å². The van der Waals surface area contributed by atoms with Gasteiger partial charge in [-0.1, -0.05) is 6.07 Å². The topological polar surface area (TPSA) is 84.2 Å². The molecular weight excluding hydrogens is 292 g/mol. The van der Waals surface area contributed by atoms with E-state index in [-0.39, 0.29) is 31.0 Å². The van der Waals surface area contributed by atoms with Gasteiger partial charge in [-0.15, -0.1) is 0 Å². The van der Waals surface area contributed by atoms with Crippen LogP contribution in [0, 0.1) is 17.6 Å². The van der Waals surface area contributed by atoms with Crippen molar-refractivity contribution < 1.29 is 18.4 Å². The summed E-state index contributed by atoms with van der Waals surface area (Å²) in [7, 11) is 0. The Hall–Kier alpha value is -2.02. The van der Waals surface area contributed by atoms with Crippen LogP contribution in [0.3, 0.4) is 0 Å². The lowest BCUT2D eigenvalue weighted by Crippen LogP contribution is -2.37. The molecule has 1 fully saturated rings. The number of nitrogens with one attached hydrogen (secondary N) is 2. The minimum absolute atomic E-state index is 0.0690. The van der Waals surface area contributed by atoms with Gasteiger partial charge in [0.05, 0.1) is 0 Å². The molecule has 2 atom stereocenters. The summed E-state index contributed by atoms with van der Waals surface area (Å²) in [6.07, 6.45) is 2.26. The molecule has 0 bridgehead atoms. The van der Waals surface area contributed by atoms with Crippen LogP contribution in [0.1, 0.15) is 29.6 Å². The fraction of sp³-hybridized carbons (Fsp3) is 0.467. The van der Waals surface area contributed by atoms with Crippen LogP contribution >= 0.6 is 0 Å². The standard InChI is InChI=1S/C15H19F2N3O2/c16-11-2-1-3-12(17)13(11)15(22)20-7-6-19-14(21)9-4-5-10(18)8-9/h1-3,9-10H,4-8,18H2,(H,19,21)(H,20,22). The number of rotatable bonds is 5. The third kappa shape index (κ3) is 4.00. The Morgan fingerprint density at radius 1 is 1.14 bits per heavy atom. The number of hydrogen-bond acceptors (Lipinski definition) is 3. The molecule has 4 N–H and O–H groups in total. The molecule has 1 aromatic carbocycles. The molecule has 22 heavy (non-hydrogen) atoms. The van der Waals surface area contributed by atoms with Gasteiger partial charge in [-0.2, -0.15) is 0 Å². The van der Waals surface area contributed by atoms with Gasteiger partial charge in [0.2, 0.25) is 5.91 Å². The van der Waals surface area contributed by atoms with E-state index >= 15 is 0 Å². The maximum atomic E-state index is 13.4. The zero-order valence-electron chi connectivity index (χ0n) is 12.1. The summed E-state index contributed by atoms with van der Waals surface area (Å²) in [6, 6.07) is 3.29. The highest BCUT2D eigenvalue weighted by molar-refractivity contribution is 5.94. The van der Waals surface area contributed by atoms with Crippen LogP contribution in [0.25, 0.3) is 0 Å². The maximum Gasteiger partial charge on any atom is 0.257 e. The minimum atomic E-state index is -0.915. The molecule has 0 heterocycles. The van der Waals surface area contributed by atoms with Gasteiger partial charge < -0.3 is 16.4 Å². The molecule has 1 aliphatic carbocycles. The molecule has 0 aliphatic heterocycles. The molecule has 0 aromatic heterocycles. The van der Waals surface area contributed by atoms with Crippen molar-refractivity contribution in [2.24, 2.45) is 11.7 Å². The highest BCUT2D eigenvalue weighted by atomic mass is 19.1. The second-order valence-corrected chi connectivity index (χ2v) is 5.41. The lowest BCUT2D eigenvalue weighted by atomic mass is 10.1. The molecule has 120 valence electrons. The highest BCUT2D eigenvalue weighted by Crippen LogP contribution is 2.23. The summed E-state index contributed by atoms with van der Waals surface area (Å²) in [5, 5.41) is 5.06. The Labute approximate surface area is 127 Å². The molecule has 0 spiro atoms. The number of hydrogen-bond donors (Lipinski definition) is 3. The fourth-order valence-electron chi connectivity index (χ4n) is 2.56. The first-order valence-corrected chi connectivity index (χ1v) is 7.24. The quantitative estimate of drug-likeness (QED) is 0.708. The molecular formula is C15H19F2N3O2. The van der Waals surface area contributed by atoms with E-state index in [4.69, 9.17) is 5.73 Å². The van der Waals surface area contributed by atoms with E-state index in [9.17, 15) is 18.4 Å². The van der Waals surface area contributed by atoms with E-state index in [1.54, 1.807) is 0 Å². The van der Waals surface area contributed by atoms with Crippen LogP contribution in [0.5, 0.6) is 0 Å². The summed E-state index contributed by atoms with van der Waals surface area (Å²) in [5.74, 6) is -2.86. The minimum Gasteiger partial charge on any atom is -0.354 e. The zero-order chi connectivity index (χ0) is 16.1. The van der Waals surface area contributed by atoms with Crippen molar-refractivity contribution in [3.05, 3.63) is 35.4 Å². The van der Waals surface area contributed by atoms with Crippen molar-refractivity contribution in [2.75, 3.05) is 13.1 Å². The molecule has 5 nitrogen and oxygen atoms in total. The third-order valence-corrected chi connectivity index (χ3v) is 3.74. The van der Waals surface area contributed by atoms with Crippen LogP contribution in [0.2, 0.25) is 0 Å². The number of carbonyl (C=O) groups excluding carboxylic acids is 2. The SMILES string of the molecule is NC1CCC(C(=O)NCCNC(=O)c2c(F)cccc2F)C1. The number of nitrogens with two attached hydrogens (primary N) is 1. The van der Waals surface area contributed by atoms with Crippen LogP contribution in [0.4, 0.5) is 8.78 Å². The fourth-order valence-corrected chi connectivity index (χ4v) is 2.56. The van der Waals surface area contributed by atoms with Gasteiger partial charge in [-0.3, -0.25) is 9.59 Å². The van der Waals surface area contributed by atoms with Crippen molar-refractivity contribution >= 4 is 11.8 Å². The number of benzene rings is 1. The van der Waals surface area contributed by atoms with Gasteiger partial charge in [0.15, 0.2) is 0 Å². The summed E-state index contributed by atoms with van der Waals surface area (Å²) < 4.78 is 26.8. The lowest BCUT2D eigenvalue weighted by Gasteiger charge is -2.11. The Morgan fingerprint density at radius 3 is 2.36 bits per heavy atom. The van der Waals surface area contributed by atoms with E-state index in [1.165, 1.54) is 6.07 Å². The smallest absolute Gasteiger partial charge is 0.257 e. The lowest BCUT2D eigenvalue weighted by molar-refractivity contribution is -0.124. The average Bonchev–Trinajstić information content (AvgIpc) is 2.90. The highest BCUT2D eigenvalue weighted by Gasteiger charge is 2.27. The van der Waals surface area contributed by atoms with Crippen molar-refractivity contribution in [2.45, 2.75) is 25.3 Å². The Kier molecular flexibility index (Phi) is 5.43. The summed E-state index contributed by atoms with van der Waals surface area (Å²) >= 11 is 0. The third-order valence-electron chi connectivity index (χ3n) is 3.74. The molecule has 0 saturated heterocycles. The Bertz CT molecular complexity index is 545. The molecule has 2 rings (SSSR count). The summed E-state index contributed by atoms with van der Waals surface area (Å²) in [4.78, 5) is 23.5. The van der Waals surface area contributed by atoms with Crippen molar-refractivity contribution in [1.82, 2.24) is 10.6 Å². The molecule has 2 unspecified atom stereocenters. The van der Waals surface area contributed by atoms with E-state index < -0.39 is 23.1 Å². The van der Waals surface area contributed by atoms with E-state index in [1.807, 2.05) is 0 Å². The molecule has 1 aromatic rings. The molecule has 1 aliphatic rings. The number of carbonyl (C=O) groups is 2. The first-order chi connectivity index (χ1) is 10.5. The van der Waals surface area contributed by atoms with Crippen LogP contribution in [-0.2, 0) is 4.79 Å². The van der Waals surface area contributed by atoms with Crippen molar-refractivity contribution in [1.29, 1.82) is 0 Å². The van der Waals surface area contributed by atoms with Crippen molar-refractivity contribution in [3.8, 4) is 0 Å². The van der Waals surface area contributed by atoms with E-state index in [2.05, 4.69) is 10.6 Å². The molecule has 7 heteroatoms. The van der Waals surface area contributed by atoms with Gasteiger partial charge in [-0.25, -0.2) is 8.78 Å². The largest absolute Gasteiger partial charge is 0.354 e. The Balaban J connectivity index is 1.75. The first kappa shape index (κ1) is 16.4. The molecule has 2 amide bonds. The second-order valence-electron chi connectivity index (χ2n) is 5.41. The first-order valence-electron chi connectivity index (χ1n) is 7.24. The molecule has 0 radical (unpaired) electrons. The van der Waals surface area contributed by atoms with E-state index in [0.29, 0.717) is 6.42 Å².